The van der Waals surface area contributed by atoms with Crippen LogP contribution >= 0.6 is 22.9 Å². The minimum Gasteiger partial charge on any atom is -0.484 e. The Morgan fingerprint density at radius 2 is 2.19 bits per heavy atom. The molecule has 27 heavy (non-hydrogen) atoms. The number of ether oxygens (including phenoxy) is 2. The quantitative estimate of drug-likeness (QED) is 0.605. The second kappa shape index (κ2) is 8.19. The van der Waals surface area contributed by atoms with Crippen LogP contribution in [0.5, 0.6) is 5.75 Å². The molecular weight excluding hydrogens is 397 g/mol. The summed E-state index contributed by atoms with van der Waals surface area (Å²) in [6.45, 7) is -0.284. The number of hydrogen-bond acceptors (Lipinski definition) is 6. The molecule has 10 heteroatoms. The number of methoxy groups -OCH3 is 1. The van der Waals surface area contributed by atoms with Crippen molar-refractivity contribution in [2.75, 3.05) is 19.0 Å². The Morgan fingerprint density at radius 1 is 1.37 bits per heavy atom. The number of aromatic amines is 1. The predicted octanol–water partition coefficient (Wildman–Crippen LogP) is 3.73. The minimum atomic E-state index is -0.566. The molecule has 0 aliphatic rings. The lowest BCUT2D eigenvalue weighted by molar-refractivity contribution is -0.118. The second-order valence-electron chi connectivity index (χ2n) is 5.24. The van der Waals surface area contributed by atoms with Gasteiger partial charge in [0.25, 0.3) is 5.91 Å². The van der Waals surface area contributed by atoms with Crippen molar-refractivity contribution >= 4 is 39.9 Å². The smallest absolute Gasteiger partial charge is 0.354 e. The fourth-order valence-electron chi connectivity index (χ4n) is 2.10. The van der Waals surface area contributed by atoms with Gasteiger partial charge in [-0.3, -0.25) is 10.1 Å². The van der Waals surface area contributed by atoms with Gasteiger partial charge in [0.2, 0.25) is 0 Å². The van der Waals surface area contributed by atoms with Crippen LogP contribution in [-0.2, 0) is 9.53 Å². The first-order chi connectivity index (χ1) is 13.0. The zero-order valence-electron chi connectivity index (χ0n) is 13.9. The van der Waals surface area contributed by atoms with Crippen molar-refractivity contribution in [1.82, 2.24) is 9.97 Å². The molecule has 0 unspecified atom stereocenters. The van der Waals surface area contributed by atoms with Gasteiger partial charge in [-0.2, -0.15) is 0 Å². The molecule has 2 aromatic heterocycles. The van der Waals surface area contributed by atoms with Crippen LogP contribution in [0, 0.1) is 5.82 Å². The van der Waals surface area contributed by atoms with Gasteiger partial charge in [-0.1, -0.05) is 11.6 Å². The Bertz CT molecular complexity index is 988. The summed E-state index contributed by atoms with van der Waals surface area (Å²) in [5.74, 6) is -1.20. The average Bonchev–Trinajstić information content (AvgIpc) is 3.31. The van der Waals surface area contributed by atoms with Crippen molar-refractivity contribution in [1.29, 1.82) is 0 Å². The van der Waals surface area contributed by atoms with E-state index in [0.29, 0.717) is 22.1 Å². The Kier molecular flexibility index (Phi) is 5.72. The van der Waals surface area contributed by atoms with Gasteiger partial charge in [0.05, 0.1) is 17.8 Å². The molecule has 7 nitrogen and oxygen atoms in total. The number of esters is 1. The Labute approximate surface area is 162 Å². The largest absolute Gasteiger partial charge is 0.484 e. The molecule has 2 heterocycles. The summed E-state index contributed by atoms with van der Waals surface area (Å²) < 4.78 is 23.0. The molecule has 1 aromatic carbocycles. The van der Waals surface area contributed by atoms with Crippen LogP contribution in [0.3, 0.4) is 0 Å². The number of thiazole rings is 1. The molecule has 0 saturated heterocycles. The first-order valence-electron chi connectivity index (χ1n) is 7.56. The van der Waals surface area contributed by atoms with Gasteiger partial charge < -0.3 is 14.5 Å². The van der Waals surface area contributed by atoms with E-state index in [0.717, 1.165) is 6.07 Å². The number of carbonyl (C=O) groups is 2. The normalized spacial score (nSPS) is 10.5. The summed E-state index contributed by atoms with van der Waals surface area (Å²) in [4.78, 5) is 30.5. The third-order valence-electron chi connectivity index (χ3n) is 3.40. The predicted molar refractivity (Wildman–Crippen MR) is 98.8 cm³/mol. The third kappa shape index (κ3) is 4.63. The molecule has 0 bridgehead atoms. The Hall–Kier alpha value is -2.91. The van der Waals surface area contributed by atoms with Gasteiger partial charge >= 0.3 is 5.97 Å². The number of aromatic nitrogens is 2. The topological polar surface area (TPSA) is 93.3 Å². The van der Waals surface area contributed by atoms with E-state index in [4.69, 9.17) is 16.3 Å². The Morgan fingerprint density at radius 3 is 2.93 bits per heavy atom. The van der Waals surface area contributed by atoms with E-state index in [2.05, 4.69) is 20.0 Å². The molecule has 0 aliphatic heterocycles. The summed E-state index contributed by atoms with van der Waals surface area (Å²) in [6, 6.07) is 5.42. The van der Waals surface area contributed by atoms with E-state index in [1.807, 2.05) is 0 Å². The zero-order chi connectivity index (χ0) is 19.4. The van der Waals surface area contributed by atoms with Crippen LogP contribution in [0.25, 0.3) is 11.3 Å². The van der Waals surface area contributed by atoms with Gasteiger partial charge in [0.1, 0.15) is 17.3 Å². The SMILES string of the molecule is COC(=O)c1cc(-c2csc(NC(=O)COc3ccc(F)c(Cl)c3)n2)c[nH]1. The lowest BCUT2D eigenvalue weighted by Gasteiger charge is -2.06. The first-order valence-corrected chi connectivity index (χ1v) is 8.82. The monoisotopic (exact) mass is 409 g/mol. The molecule has 0 aliphatic carbocycles. The van der Waals surface area contributed by atoms with Crippen LogP contribution < -0.4 is 10.1 Å². The number of rotatable bonds is 6. The van der Waals surface area contributed by atoms with Gasteiger partial charge in [0.15, 0.2) is 11.7 Å². The number of benzene rings is 1. The standard InChI is InChI=1S/C17H13ClFN3O4S/c1-25-16(24)13-4-9(6-20-13)14-8-27-17(21-14)22-15(23)7-26-10-2-3-12(19)11(18)5-10/h2-6,8,20H,7H2,1H3,(H,21,22,23). The molecule has 140 valence electrons. The maximum Gasteiger partial charge on any atom is 0.354 e. The Balaban J connectivity index is 1.58. The van der Waals surface area contributed by atoms with Crippen LogP contribution in [0.15, 0.2) is 35.8 Å². The molecule has 0 saturated carbocycles. The maximum atomic E-state index is 13.1. The highest BCUT2D eigenvalue weighted by Gasteiger charge is 2.13. The van der Waals surface area contributed by atoms with Gasteiger partial charge in [-0.25, -0.2) is 14.2 Å². The van der Waals surface area contributed by atoms with E-state index in [1.165, 1.54) is 30.6 Å². The summed E-state index contributed by atoms with van der Waals surface area (Å²) in [5.41, 5.74) is 1.58. The maximum absolute atomic E-state index is 13.1. The number of anilines is 1. The van der Waals surface area contributed by atoms with Crippen LogP contribution in [0.2, 0.25) is 5.02 Å². The van der Waals surface area contributed by atoms with Crippen LogP contribution in [-0.4, -0.2) is 35.6 Å². The summed E-state index contributed by atoms with van der Waals surface area (Å²) in [7, 11) is 1.29. The average molecular weight is 410 g/mol. The molecular formula is C17H13ClFN3O4S. The number of carbonyl (C=O) groups excluding carboxylic acids is 2. The van der Waals surface area contributed by atoms with E-state index in [-0.39, 0.29) is 17.4 Å². The third-order valence-corrected chi connectivity index (χ3v) is 4.44. The number of nitrogens with one attached hydrogen (secondary N) is 2. The van der Waals surface area contributed by atoms with Crippen molar-refractivity contribution in [3.8, 4) is 17.0 Å². The number of nitrogens with zero attached hydrogens (tertiary/aromatic N) is 1. The lowest BCUT2D eigenvalue weighted by Crippen LogP contribution is -2.20. The van der Waals surface area contributed by atoms with Gasteiger partial charge in [-0.05, 0) is 18.2 Å². The number of H-pyrrole nitrogens is 1. The zero-order valence-corrected chi connectivity index (χ0v) is 15.5. The molecule has 0 atom stereocenters. The fraction of sp³-hybridized carbons (Fsp3) is 0.118. The molecule has 3 rings (SSSR count). The highest BCUT2D eigenvalue weighted by atomic mass is 35.5. The van der Waals surface area contributed by atoms with E-state index >= 15 is 0 Å². The highest BCUT2D eigenvalue weighted by molar-refractivity contribution is 7.14. The first kappa shape index (κ1) is 18.9. The minimum absolute atomic E-state index is 0.0877. The fourth-order valence-corrected chi connectivity index (χ4v) is 3.01. The second-order valence-corrected chi connectivity index (χ2v) is 6.51. The van der Waals surface area contributed by atoms with Crippen molar-refractivity contribution in [2.24, 2.45) is 0 Å². The van der Waals surface area contributed by atoms with E-state index < -0.39 is 17.7 Å². The summed E-state index contributed by atoms with van der Waals surface area (Å²) in [5, 5.41) is 4.62. The number of halogens is 2. The van der Waals surface area contributed by atoms with Crippen molar-refractivity contribution in [3.63, 3.8) is 0 Å². The molecule has 1 amide bonds. The van der Waals surface area contributed by atoms with E-state index in [1.54, 1.807) is 17.6 Å². The molecule has 3 aromatic rings. The van der Waals surface area contributed by atoms with Gasteiger partial charge in [0, 0.05) is 23.2 Å². The van der Waals surface area contributed by atoms with Crippen molar-refractivity contribution < 1.29 is 23.5 Å². The molecule has 0 fully saturated rings. The van der Waals surface area contributed by atoms with Crippen LogP contribution in [0.1, 0.15) is 10.5 Å². The van der Waals surface area contributed by atoms with Crippen molar-refractivity contribution in [2.45, 2.75) is 0 Å². The molecule has 0 spiro atoms. The van der Waals surface area contributed by atoms with Crippen molar-refractivity contribution in [3.05, 3.63) is 52.4 Å². The number of amides is 1. The molecule has 0 radical (unpaired) electrons. The number of hydrogen-bond donors (Lipinski definition) is 2. The summed E-state index contributed by atoms with van der Waals surface area (Å²) >= 11 is 6.88. The molecule has 2 N–H and O–H groups in total. The van der Waals surface area contributed by atoms with Gasteiger partial charge in [-0.15, -0.1) is 11.3 Å². The summed E-state index contributed by atoms with van der Waals surface area (Å²) in [6.07, 6.45) is 1.62. The van der Waals surface area contributed by atoms with Crippen LogP contribution in [0.4, 0.5) is 9.52 Å². The highest BCUT2D eigenvalue weighted by Crippen LogP contribution is 2.26. The van der Waals surface area contributed by atoms with E-state index in [9.17, 15) is 14.0 Å². The lowest BCUT2D eigenvalue weighted by atomic mass is 10.2.